The van der Waals surface area contributed by atoms with Crippen molar-refractivity contribution in [3.63, 3.8) is 0 Å². The molecule has 7 heteroatoms. The fourth-order valence-corrected chi connectivity index (χ4v) is 5.47. The summed E-state index contributed by atoms with van der Waals surface area (Å²) >= 11 is 1.05. The highest BCUT2D eigenvalue weighted by molar-refractivity contribution is 7.91. The SMILES string of the molecule is CN(C1CCCCC1)S(=O)(=O)c1ccc(CC(=O)O)s1. The molecule has 112 valence electrons. The van der Waals surface area contributed by atoms with Crippen molar-refractivity contribution in [3.8, 4) is 0 Å². The van der Waals surface area contributed by atoms with Crippen LogP contribution in [0.3, 0.4) is 0 Å². The van der Waals surface area contributed by atoms with Gasteiger partial charge in [0.25, 0.3) is 10.0 Å². The molecule has 20 heavy (non-hydrogen) atoms. The molecule has 0 amide bonds. The highest BCUT2D eigenvalue weighted by Gasteiger charge is 2.30. The maximum absolute atomic E-state index is 12.5. The van der Waals surface area contributed by atoms with E-state index in [2.05, 4.69) is 0 Å². The van der Waals surface area contributed by atoms with Crippen molar-refractivity contribution in [2.75, 3.05) is 7.05 Å². The number of hydrogen-bond acceptors (Lipinski definition) is 4. The van der Waals surface area contributed by atoms with Gasteiger partial charge in [0.1, 0.15) is 4.21 Å². The molecule has 0 radical (unpaired) electrons. The van der Waals surface area contributed by atoms with E-state index in [0.717, 1.165) is 37.0 Å². The van der Waals surface area contributed by atoms with E-state index < -0.39 is 16.0 Å². The van der Waals surface area contributed by atoms with E-state index in [1.165, 1.54) is 16.8 Å². The zero-order chi connectivity index (χ0) is 14.8. The number of sulfonamides is 1. The van der Waals surface area contributed by atoms with E-state index in [0.29, 0.717) is 4.88 Å². The van der Waals surface area contributed by atoms with Gasteiger partial charge in [0, 0.05) is 18.0 Å². The van der Waals surface area contributed by atoms with Crippen molar-refractivity contribution in [1.29, 1.82) is 0 Å². The molecule has 1 heterocycles. The largest absolute Gasteiger partial charge is 0.481 e. The van der Waals surface area contributed by atoms with Crippen LogP contribution in [0.15, 0.2) is 16.3 Å². The third-order valence-corrected chi connectivity index (χ3v) is 7.15. The van der Waals surface area contributed by atoms with Gasteiger partial charge in [-0.15, -0.1) is 11.3 Å². The first-order valence-corrected chi connectivity index (χ1v) is 8.95. The Morgan fingerprint density at radius 1 is 1.35 bits per heavy atom. The van der Waals surface area contributed by atoms with Crippen LogP contribution in [0.4, 0.5) is 0 Å². The van der Waals surface area contributed by atoms with E-state index in [4.69, 9.17) is 5.11 Å². The molecule has 1 aromatic rings. The standard InChI is InChI=1S/C13H19NO4S2/c1-14(10-5-3-2-4-6-10)20(17,18)13-8-7-11(19-13)9-12(15)16/h7-8,10H,2-6,9H2,1H3,(H,15,16). The quantitative estimate of drug-likeness (QED) is 0.904. The van der Waals surface area contributed by atoms with E-state index in [9.17, 15) is 13.2 Å². The molecule has 0 aromatic carbocycles. The summed E-state index contributed by atoms with van der Waals surface area (Å²) < 4.78 is 26.7. The molecule has 1 saturated carbocycles. The second-order valence-corrected chi connectivity index (χ2v) is 8.50. The molecule has 2 rings (SSSR count). The fraction of sp³-hybridized carbons (Fsp3) is 0.615. The van der Waals surface area contributed by atoms with Gasteiger partial charge in [-0.2, -0.15) is 4.31 Å². The summed E-state index contributed by atoms with van der Waals surface area (Å²) in [6.45, 7) is 0. The molecule has 1 aliphatic rings. The van der Waals surface area contributed by atoms with Crippen molar-refractivity contribution in [2.45, 2.75) is 48.8 Å². The minimum atomic E-state index is -3.49. The van der Waals surface area contributed by atoms with Crippen molar-refractivity contribution in [3.05, 3.63) is 17.0 Å². The lowest BCUT2D eigenvalue weighted by molar-refractivity contribution is -0.136. The Kier molecular flexibility index (Phi) is 4.82. The molecule has 1 N–H and O–H groups in total. The molecule has 1 aliphatic carbocycles. The van der Waals surface area contributed by atoms with Gasteiger partial charge in [0.15, 0.2) is 0 Å². The number of thiophene rings is 1. The van der Waals surface area contributed by atoms with Crippen LogP contribution in [-0.2, 0) is 21.2 Å². The first-order chi connectivity index (χ1) is 9.41. The molecule has 0 atom stereocenters. The second-order valence-electron chi connectivity index (χ2n) is 5.10. The number of hydrogen-bond donors (Lipinski definition) is 1. The molecule has 0 unspecified atom stereocenters. The van der Waals surface area contributed by atoms with E-state index in [-0.39, 0.29) is 16.7 Å². The average molecular weight is 317 g/mol. The number of carboxylic acid groups (broad SMARTS) is 1. The summed E-state index contributed by atoms with van der Waals surface area (Å²) in [5.74, 6) is -0.948. The number of nitrogens with zero attached hydrogens (tertiary/aromatic N) is 1. The zero-order valence-corrected chi connectivity index (χ0v) is 13.0. The van der Waals surface area contributed by atoms with Crippen molar-refractivity contribution in [2.24, 2.45) is 0 Å². The van der Waals surface area contributed by atoms with Crippen LogP contribution >= 0.6 is 11.3 Å². The van der Waals surface area contributed by atoms with Gasteiger partial charge in [-0.1, -0.05) is 19.3 Å². The lowest BCUT2D eigenvalue weighted by Crippen LogP contribution is -2.37. The molecule has 0 aliphatic heterocycles. The van der Waals surface area contributed by atoms with Crippen LogP contribution in [0.25, 0.3) is 0 Å². The van der Waals surface area contributed by atoms with Crippen molar-refractivity contribution >= 4 is 27.3 Å². The smallest absolute Gasteiger partial charge is 0.308 e. The van der Waals surface area contributed by atoms with Gasteiger partial charge < -0.3 is 5.11 Å². The molecular weight excluding hydrogens is 298 g/mol. The number of carbonyl (C=O) groups is 1. The van der Waals surface area contributed by atoms with Crippen LogP contribution in [0, 0.1) is 0 Å². The summed E-state index contributed by atoms with van der Waals surface area (Å²) in [4.78, 5) is 11.2. The van der Waals surface area contributed by atoms with E-state index in [1.807, 2.05) is 0 Å². The minimum Gasteiger partial charge on any atom is -0.481 e. The normalized spacial score (nSPS) is 17.5. The minimum absolute atomic E-state index is 0.0683. The van der Waals surface area contributed by atoms with Crippen LogP contribution in [-0.4, -0.2) is 36.9 Å². The lowest BCUT2D eigenvalue weighted by atomic mass is 9.96. The average Bonchev–Trinajstić information content (AvgIpc) is 2.87. The highest BCUT2D eigenvalue weighted by Crippen LogP contribution is 2.29. The third kappa shape index (κ3) is 3.39. The fourth-order valence-electron chi connectivity index (χ4n) is 2.52. The van der Waals surface area contributed by atoms with E-state index in [1.54, 1.807) is 13.1 Å². The molecule has 1 aromatic heterocycles. The van der Waals surface area contributed by atoms with Gasteiger partial charge in [-0.05, 0) is 25.0 Å². The Labute approximate surface area is 123 Å². The topological polar surface area (TPSA) is 74.7 Å². The highest BCUT2D eigenvalue weighted by atomic mass is 32.2. The zero-order valence-electron chi connectivity index (χ0n) is 11.4. The van der Waals surface area contributed by atoms with Gasteiger partial charge >= 0.3 is 5.97 Å². The molecule has 0 spiro atoms. The Morgan fingerprint density at radius 3 is 2.60 bits per heavy atom. The first kappa shape index (κ1) is 15.5. The summed E-state index contributed by atoms with van der Waals surface area (Å²) in [5, 5.41) is 8.74. The Morgan fingerprint density at radius 2 is 2.00 bits per heavy atom. The van der Waals surface area contributed by atoms with Crippen LogP contribution < -0.4 is 0 Å². The molecule has 5 nitrogen and oxygen atoms in total. The predicted octanol–water partition coefficient (Wildman–Crippen LogP) is 2.33. The van der Waals surface area contributed by atoms with Gasteiger partial charge in [0.2, 0.25) is 0 Å². The Hall–Kier alpha value is -0.920. The van der Waals surface area contributed by atoms with Crippen LogP contribution in [0.1, 0.15) is 37.0 Å². The summed E-state index contributed by atoms with van der Waals surface area (Å²) in [7, 11) is -1.87. The predicted molar refractivity (Wildman–Crippen MR) is 77.5 cm³/mol. The number of rotatable bonds is 5. The summed E-state index contributed by atoms with van der Waals surface area (Å²) in [5.41, 5.74) is 0. The molecule has 0 bridgehead atoms. The van der Waals surface area contributed by atoms with E-state index >= 15 is 0 Å². The molecular formula is C13H19NO4S2. The Balaban J connectivity index is 2.16. The second kappa shape index (κ2) is 6.24. The van der Waals surface area contributed by atoms with Crippen LogP contribution in [0.2, 0.25) is 0 Å². The Bertz CT molecular complexity index is 573. The number of carboxylic acids is 1. The van der Waals surface area contributed by atoms with Gasteiger partial charge in [-0.3, -0.25) is 4.79 Å². The van der Waals surface area contributed by atoms with Crippen molar-refractivity contribution in [1.82, 2.24) is 4.31 Å². The van der Waals surface area contributed by atoms with Crippen LogP contribution in [0.5, 0.6) is 0 Å². The molecule has 1 fully saturated rings. The lowest BCUT2D eigenvalue weighted by Gasteiger charge is -2.29. The maximum atomic E-state index is 12.5. The molecule has 0 saturated heterocycles. The van der Waals surface area contributed by atoms with Gasteiger partial charge in [-0.25, -0.2) is 8.42 Å². The summed E-state index contributed by atoms with van der Waals surface area (Å²) in [6, 6.07) is 3.16. The first-order valence-electron chi connectivity index (χ1n) is 6.70. The third-order valence-electron chi connectivity index (χ3n) is 3.68. The van der Waals surface area contributed by atoms with Gasteiger partial charge in [0.05, 0.1) is 6.42 Å². The van der Waals surface area contributed by atoms with Crippen molar-refractivity contribution < 1.29 is 18.3 Å². The monoisotopic (exact) mass is 317 g/mol. The number of aliphatic carboxylic acids is 1. The summed E-state index contributed by atoms with van der Waals surface area (Å²) in [6.07, 6.45) is 4.99. The maximum Gasteiger partial charge on any atom is 0.308 e.